The van der Waals surface area contributed by atoms with Gasteiger partial charge in [0.05, 0.1) is 0 Å². The topological polar surface area (TPSA) is 95.5 Å². The third-order valence-corrected chi connectivity index (χ3v) is 5.88. The average molecular weight is 469 g/mol. The second-order valence-corrected chi connectivity index (χ2v) is 11.0. The highest BCUT2D eigenvalue weighted by atomic mass is 16.4. The molecule has 0 aliphatic rings. The van der Waals surface area contributed by atoms with Gasteiger partial charge in [0.25, 0.3) is 0 Å². The van der Waals surface area contributed by atoms with Gasteiger partial charge in [-0.1, -0.05) is 86.0 Å². The number of carboxylic acid groups (broad SMARTS) is 1. The number of carboxylic acids is 1. The second kappa shape index (κ2) is 18.8. The van der Waals surface area contributed by atoms with Gasteiger partial charge in [0.2, 0.25) is 11.8 Å². The molecule has 2 unspecified atom stereocenters. The summed E-state index contributed by atoms with van der Waals surface area (Å²) in [6, 6.07) is -0.864. The van der Waals surface area contributed by atoms with Crippen LogP contribution in [0.25, 0.3) is 0 Å². The highest BCUT2D eigenvalue weighted by Crippen LogP contribution is 2.25. The first-order chi connectivity index (χ1) is 15.5. The fourth-order valence-electron chi connectivity index (χ4n) is 4.33. The number of aliphatic carboxylic acids is 1. The molecule has 33 heavy (non-hydrogen) atoms. The summed E-state index contributed by atoms with van der Waals surface area (Å²) in [5.41, 5.74) is 0.143. The summed E-state index contributed by atoms with van der Waals surface area (Å²) >= 11 is 0. The Morgan fingerprint density at radius 1 is 0.818 bits per heavy atom. The van der Waals surface area contributed by atoms with E-state index in [0.717, 1.165) is 19.3 Å². The minimum atomic E-state index is -0.999. The van der Waals surface area contributed by atoms with Gasteiger partial charge in [-0.2, -0.15) is 0 Å². The summed E-state index contributed by atoms with van der Waals surface area (Å²) in [6.45, 7) is 11.2. The van der Waals surface area contributed by atoms with Gasteiger partial charge in [0, 0.05) is 19.4 Å². The van der Waals surface area contributed by atoms with Crippen LogP contribution < -0.4 is 10.6 Å². The summed E-state index contributed by atoms with van der Waals surface area (Å²) in [6.07, 6.45) is 14.7. The van der Waals surface area contributed by atoms with Crippen molar-refractivity contribution in [3.8, 4) is 0 Å². The maximum absolute atomic E-state index is 12.2. The predicted octanol–water partition coefficient (Wildman–Crippen LogP) is 6.23. The zero-order chi connectivity index (χ0) is 25.1. The number of hydrogen-bond acceptors (Lipinski definition) is 3. The molecule has 0 aliphatic carbocycles. The first-order valence-corrected chi connectivity index (χ1v) is 13.3. The smallest absolute Gasteiger partial charge is 0.326 e. The van der Waals surface area contributed by atoms with Gasteiger partial charge < -0.3 is 15.7 Å². The normalized spacial score (nSPS) is 13.4. The van der Waals surface area contributed by atoms with E-state index >= 15 is 0 Å². The maximum Gasteiger partial charge on any atom is 0.326 e. The van der Waals surface area contributed by atoms with E-state index in [1.54, 1.807) is 0 Å². The van der Waals surface area contributed by atoms with Crippen molar-refractivity contribution < 1.29 is 19.5 Å². The molecule has 2 atom stereocenters. The lowest BCUT2D eigenvalue weighted by Crippen LogP contribution is -2.41. The number of nitrogens with one attached hydrogen (secondary N) is 2. The lowest BCUT2D eigenvalue weighted by Gasteiger charge is -2.23. The summed E-state index contributed by atoms with van der Waals surface area (Å²) in [7, 11) is 0. The number of carbonyl (C=O) groups is 3. The van der Waals surface area contributed by atoms with E-state index in [2.05, 4.69) is 38.3 Å². The van der Waals surface area contributed by atoms with Gasteiger partial charge in [-0.25, -0.2) is 4.79 Å². The van der Waals surface area contributed by atoms with Gasteiger partial charge in [0.15, 0.2) is 0 Å². The van der Waals surface area contributed by atoms with Crippen molar-refractivity contribution in [1.29, 1.82) is 0 Å². The van der Waals surface area contributed by atoms with E-state index in [-0.39, 0.29) is 23.1 Å². The summed E-state index contributed by atoms with van der Waals surface area (Å²) < 4.78 is 0. The second-order valence-electron chi connectivity index (χ2n) is 11.0. The monoisotopic (exact) mass is 468 g/mol. The number of rotatable bonds is 20. The lowest BCUT2D eigenvalue weighted by atomic mass is 9.84. The van der Waals surface area contributed by atoms with Crippen LogP contribution in [0.4, 0.5) is 0 Å². The minimum Gasteiger partial charge on any atom is -0.480 e. The maximum atomic E-state index is 12.2. The number of unbranched alkanes of at least 4 members (excludes halogenated alkanes) is 9. The summed E-state index contributed by atoms with van der Waals surface area (Å²) in [4.78, 5) is 35.7. The number of carbonyl (C=O) groups excluding carboxylic acids is 2. The van der Waals surface area contributed by atoms with Crippen LogP contribution in [0.15, 0.2) is 0 Å². The zero-order valence-corrected chi connectivity index (χ0v) is 22.1. The fraction of sp³-hybridized carbons (Fsp3) is 0.889. The van der Waals surface area contributed by atoms with Crippen LogP contribution in [0.1, 0.15) is 131 Å². The largest absolute Gasteiger partial charge is 0.480 e. The third kappa shape index (κ3) is 20.7. The molecule has 0 aliphatic heterocycles. The predicted molar refractivity (Wildman–Crippen MR) is 136 cm³/mol. The van der Waals surface area contributed by atoms with Crippen molar-refractivity contribution in [2.24, 2.45) is 11.3 Å². The Morgan fingerprint density at radius 2 is 1.39 bits per heavy atom. The van der Waals surface area contributed by atoms with E-state index in [0.29, 0.717) is 38.6 Å². The number of amides is 2. The Kier molecular flexibility index (Phi) is 17.9. The van der Waals surface area contributed by atoms with Gasteiger partial charge in [-0.05, 0) is 43.4 Å². The highest BCUT2D eigenvalue weighted by Gasteiger charge is 2.22. The van der Waals surface area contributed by atoms with Gasteiger partial charge in [0.1, 0.15) is 6.04 Å². The van der Waals surface area contributed by atoms with Crippen LogP contribution in [0, 0.1) is 11.3 Å². The molecular formula is C27H52N2O4. The van der Waals surface area contributed by atoms with Crippen molar-refractivity contribution in [1.82, 2.24) is 10.6 Å². The van der Waals surface area contributed by atoms with Crippen LogP contribution in [0.3, 0.4) is 0 Å². The molecule has 0 saturated carbocycles. The van der Waals surface area contributed by atoms with Crippen molar-refractivity contribution in [3.05, 3.63) is 0 Å². The van der Waals surface area contributed by atoms with E-state index in [1.807, 2.05) is 6.92 Å². The van der Waals surface area contributed by atoms with Crippen molar-refractivity contribution in [2.45, 2.75) is 137 Å². The van der Waals surface area contributed by atoms with Crippen molar-refractivity contribution in [2.75, 3.05) is 6.54 Å². The van der Waals surface area contributed by atoms with E-state index < -0.39 is 12.0 Å². The highest BCUT2D eigenvalue weighted by molar-refractivity contribution is 5.83. The molecular weight excluding hydrogens is 416 g/mol. The fourth-order valence-corrected chi connectivity index (χ4v) is 4.33. The van der Waals surface area contributed by atoms with E-state index in [4.69, 9.17) is 0 Å². The van der Waals surface area contributed by atoms with Crippen LogP contribution in [-0.2, 0) is 14.4 Å². The Balaban J connectivity index is 3.86. The van der Waals surface area contributed by atoms with Gasteiger partial charge in [-0.3, -0.25) is 9.59 Å². The van der Waals surface area contributed by atoms with Gasteiger partial charge in [-0.15, -0.1) is 0 Å². The molecule has 2 amide bonds. The quantitative estimate of drug-likeness (QED) is 0.185. The Hall–Kier alpha value is -1.59. The Labute approximate surface area is 203 Å². The van der Waals surface area contributed by atoms with Gasteiger partial charge >= 0.3 is 5.97 Å². The molecule has 0 saturated heterocycles. The lowest BCUT2D eigenvalue weighted by molar-refractivity contribution is -0.142. The summed E-state index contributed by atoms with van der Waals surface area (Å²) in [5.74, 6) is -0.913. The van der Waals surface area contributed by atoms with E-state index in [1.165, 1.54) is 44.9 Å². The molecule has 3 N–H and O–H groups in total. The minimum absolute atomic E-state index is 0.0777. The SMILES string of the molecule is CCCCCCCCCCCC(=O)NCCCCC(NC(=O)CC(C)CC(C)(C)C)C(=O)O. The summed E-state index contributed by atoms with van der Waals surface area (Å²) in [5, 5.41) is 15.0. The molecule has 0 aromatic heterocycles. The Bertz CT molecular complexity index is 543. The molecule has 0 heterocycles. The van der Waals surface area contributed by atoms with E-state index in [9.17, 15) is 19.5 Å². The van der Waals surface area contributed by atoms with Crippen LogP contribution >= 0.6 is 0 Å². The molecule has 6 heteroatoms. The first-order valence-electron chi connectivity index (χ1n) is 13.3. The van der Waals surface area contributed by atoms with Crippen LogP contribution in [0.2, 0.25) is 0 Å². The first kappa shape index (κ1) is 31.4. The molecule has 0 aromatic carbocycles. The molecule has 0 radical (unpaired) electrons. The van der Waals surface area contributed by atoms with Crippen LogP contribution in [0.5, 0.6) is 0 Å². The van der Waals surface area contributed by atoms with Crippen molar-refractivity contribution >= 4 is 17.8 Å². The zero-order valence-electron chi connectivity index (χ0n) is 22.1. The molecule has 194 valence electrons. The molecule has 0 rings (SSSR count). The Morgan fingerprint density at radius 3 is 1.94 bits per heavy atom. The van der Waals surface area contributed by atoms with Crippen molar-refractivity contribution in [3.63, 3.8) is 0 Å². The number of hydrogen-bond donors (Lipinski definition) is 3. The molecule has 0 aromatic rings. The standard InChI is InChI=1S/C27H52N2O4/c1-6-7-8-9-10-11-12-13-14-18-24(30)28-19-16-15-17-23(26(32)33)29-25(31)20-22(2)21-27(3,4)5/h22-23H,6-21H2,1-5H3,(H,28,30)(H,29,31)(H,32,33). The molecule has 0 spiro atoms. The third-order valence-electron chi connectivity index (χ3n) is 5.88. The molecule has 0 fully saturated rings. The average Bonchev–Trinajstić information content (AvgIpc) is 2.69. The molecule has 6 nitrogen and oxygen atoms in total. The molecule has 0 bridgehead atoms. The van der Waals surface area contributed by atoms with Crippen LogP contribution in [-0.4, -0.2) is 35.5 Å².